The highest BCUT2D eigenvalue weighted by molar-refractivity contribution is 9.09. The van der Waals surface area contributed by atoms with Crippen LogP contribution in [0.4, 0.5) is 4.39 Å². The summed E-state index contributed by atoms with van der Waals surface area (Å²) >= 11 is 3.41. The predicted octanol–water partition coefficient (Wildman–Crippen LogP) is 4.02. The molecule has 0 aliphatic carbocycles. The van der Waals surface area contributed by atoms with E-state index in [2.05, 4.69) is 22.9 Å². The predicted molar refractivity (Wildman–Crippen MR) is 64.1 cm³/mol. The van der Waals surface area contributed by atoms with E-state index < -0.39 is 0 Å². The first-order valence-corrected chi connectivity index (χ1v) is 6.29. The Kier molecular flexibility index (Phi) is 5.69. The van der Waals surface area contributed by atoms with E-state index in [9.17, 15) is 4.39 Å². The van der Waals surface area contributed by atoms with E-state index >= 15 is 0 Å². The van der Waals surface area contributed by atoms with Crippen LogP contribution in [-0.2, 0) is 0 Å². The quantitative estimate of drug-likeness (QED) is 0.712. The molecular formula is C12H16BrFO. The van der Waals surface area contributed by atoms with Gasteiger partial charge in [0.05, 0.1) is 6.61 Å². The van der Waals surface area contributed by atoms with Gasteiger partial charge in [-0.3, -0.25) is 0 Å². The minimum atomic E-state index is -0.249. The van der Waals surface area contributed by atoms with Crippen LogP contribution in [-0.4, -0.2) is 11.9 Å². The zero-order valence-electron chi connectivity index (χ0n) is 8.88. The summed E-state index contributed by atoms with van der Waals surface area (Å²) < 4.78 is 18.2. The van der Waals surface area contributed by atoms with Gasteiger partial charge in [-0.05, 0) is 30.9 Å². The van der Waals surface area contributed by atoms with E-state index in [-0.39, 0.29) is 5.82 Å². The molecule has 1 nitrogen and oxygen atoms in total. The van der Waals surface area contributed by atoms with Gasteiger partial charge >= 0.3 is 0 Å². The van der Waals surface area contributed by atoms with Crippen molar-refractivity contribution in [3.63, 3.8) is 0 Å². The molecule has 0 heterocycles. The first kappa shape index (κ1) is 12.5. The lowest BCUT2D eigenvalue weighted by Crippen LogP contribution is -2.04. The summed E-state index contributed by atoms with van der Waals surface area (Å²) in [5, 5.41) is 1.02. The highest BCUT2D eigenvalue weighted by Gasteiger charge is 2.01. The van der Waals surface area contributed by atoms with Crippen molar-refractivity contribution >= 4 is 15.9 Å². The van der Waals surface area contributed by atoms with E-state index in [4.69, 9.17) is 4.74 Å². The van der Waals surface area contributed by atoms with Gasteiger partial charge in [0.25, 0.3) is 0 Å². The van der Waals surface area contributed by atoms with Crippen LogP contribution < -0.4 is 4.74 Å². The minimum absolute atomic E-state index is 0.249. The zero-order valence-corrected chi connectivity index (χ0v) is 10.5. The minimum Gasteiger partial charge on any atom is -0.493 e. The number of benzene rings is 1. The van der Waals surface area contributed by atoms with Crippen molar-refractivity contribution in [1.29, 1.82) is 0 Å². The summed E-state index contributed by atoms with van der Waals surface area (Å²) in [4.78, 5) is 0. The molecule has 0 N–H and O–H groups in total. The Morgan fingerprint density at radius 3 is 2.87 bits per heavy atom. The van der Waals surface area contributed by atoms with Gasteiger partial charge in [0, 0.05) is 11.4 Å². The van der Waals surface area contributed by atoms with Crippen LogP contribution in [0.2, 0.25) is 0 Å². The first-order valence-electron chi connectivity index (χ1n) is 5.16. The fourth-order valence-corrected chi connectivity index (χ4v) is 2.05. The largest absolute Gasteiger partial charge is 0.493 e. The lowest BCUT2D eigenvalue weighted by molar-refractivity contribution is 0.281. The fraction of sp³-hybridized carbons (Fsp3) is 0.500. The Bertz CT molecular complexity index is 291. The van der Waals surface area contributed by atoms with Gasteiger partial charge in [-0.2, -0.15) is 0 Å². The molecule has 3 heteroatoms. The molecular weight excluding hydrogens is 259 g/mol. The summed E-state index contributed by atoms with van der Waals surface area (Å²) in [6.45, 7) is 2.84. The topological polar surface area (TPSA) is 9.23 Å². The Labute approximate surface area is 98.8 Å². The third-order valence-corrected chi connectivity index (χ3v) is 2.74. The molecule has 0 aliphatic heterocycles. The Balaban J connectivity index is 2.25. The van der Waals surface area contributed by atoms with Crippen LogP contribution in [0.15, 0.2) is 24.3 Å². The van der Waals surface area contributed by atoms with Crippen LogP contribution >= 0.6 is 15.9 Å². The molecule has 0 spiro atoms. The van der Waals surface area contributed by atoms with Gasteiger partial charge in [-0.25, -0.2) is 4.39 Å². The Hall–Kier alpha value is -0.570. The highest BCUT2D eigenvalue weighted by atomic mass is 79.9. The Morgan fingerprint density at radius 1 is 1.40 bits per heavy atom. The van der Waals surface area contributed by atoms with Crippen LogP contribution in [0.25, 0.3) is 0 Å². The number of alkyl halides is 1. The van der Waals surface area contributed by atoms with Crippen LogP contribution in [0.3, 0.4) is 0 Å². The lowest BCUT2D eigenvalue weighted by Gasteiger charge is -2.10. The number of rotatable bonds is 6. The molecule has 0 saturated heterocycles. The molecule has 84 valence electrons. The normalized spacial score (nSPS) is 12.5. The third kappa shape index (κ3) is 5.17. The van der Waals surface area contributed by atoms with Crippen LogP contribution in [0.5, 0.6) is 5.75 Å². The molecule has 15 heavy (non-hydrogen) atoms. The number of halogens is 2. The fourth-order valence-electron chi connectivity index (χ4n) is 1.27. The first-order chi connectivity index (χ1) is 7.22. The van der Waals surface area contributed by atoms with Crippen LogP contribution in [0.1, 0.15) is 19.8 Å². The molecule has 1 aromatic rings. The average molecular weight is 275 g/mol. The van der Waals surface area contributed by atoms with Crippen molar-refractivity contribution in [1.82, 2.24) is 0 Å². The molecule has 1 atom stereocenters. The summed E-state index contributed by atoms with van der Waals surface area (Å²) in [6.07, 6.45) is 2.15. The highest BCUT2D eigenvalue weighted by Crippen LogP contribution is 2.14. The molecule has 0 saturated carbocycles. The number of hydrogen-bond acceptors (Lipinski definition) is 1. The molecule has 0 bridgehead atoms. The van der Waals surface area contributed by atoms with Crippen molar-refractivity contribution in [2.45, 2.75) is 19.8 Å². The maximum absolute atomic E-state index is 12.8. The van der Waals surface area contributed by atoms with Crippen molar-refractivity contribution < 1.29 is 9.13 Å². The average Bonchev–Trinajstić information content (AvgIpc) is 2.18. The smallest absolute Gasteiger partial charge is 0.126 e. The molecule has 0 aromatic heterocycles. The van der Waals surface area contributed by atoms with Gasteiger partial charge in [-0.15, -0.1) is 0 Å². The summed E-state index contributed by atoms with van der Waals surface area (Å²) in [6, 6.07) is 6.26. The monoisotopic (exact) mass is 274 g/mol. The molecule has 0 fully saturated rings. The maximum Gasteiger partial charge on any atom is 0.126 e. The van der Waals surface area contributed by atoms with Gasteiger partial charge in [-0.1, -0.05) is 28.9 Å². The van der Waals surface area contributed by atoms with E-state index in [1.165, 1.54) is 12.1 Å². The van der Waals surface area contributed by atoms with Gasteiger partial charge < -0.3 is 4.74 Å². The third-order valence-electron chi connectivity index (χ3n) is 2.28. The van der Waals surface area contributed by atoms with Crippen LogP contribution in [0, 0.1) is 11.7 Å². The lowest BCUT2D eigenvalue weighted by atomic mass is 10.1. The van der Waals surface area contributed by atoms with Gasteiger partial charge in [0.2, 0.25) is 0 Å². The van der Waals surface area contributed by atoms with Crippen molar-refractivity contribution in [2.24, 2.45) is 5.92 Å². The van der Waals surface area contributed by atoms with Crippen molar-refractivity contribution in [3.05, 3.63) is 30.1 Å². The van der Waals surface area contributed by atoms with Gasteiger partial charge in [0.1, 0.15) is 11.6 Å². The molecule has 0 radical (unpaired) electrons. The van der Waals surface area contributed by atoms with E-state index in [0.717, 1.165) is 18.2 Å². The van der Waals surface area contributed by atoms with E-state index in [1.54, 1.807) is 12.1 Å². The molecule has 1 unspecified atom stereocenters. The molecule has 1 rings (SSSR count). The van der Waals surface area contributed by atoms with E-state index in [0.29, 0.717) is 18.3 Å². The maximum atomic E-state index is 12.8. The molecule has 0 amide bonds. The summed E-state index contributed by atoms with van der Waals surface area (Å²) in [5.41, 5.74) is 0. The van der Waals surface area contributed by atoms with Crippen molar-refractivity contribution in [3.8, 4) is 5.75 Å². The molecule has 0 aliphatic rings. The zero-order chi connectivity index (χ0) is 11.1. The van der Waals surface area contributed by atoms with Gasteiger partial charge in [0.15, 0.2) is 0 Å². The molecule has 1 aromatic carbocycles. The summed E-state index contributed by atoms with van der Waals surface area (Å²) in [7, 11) is 0. The second-order valence-electron chi connectivity index (χ2n) is 3.68. The SMILES string of the molecule is CC(CCBr)CCOc1cccc(F)c1. The van der Waals surface area contributed by atoms with Crippen molar-refractivity contribution in [2.75, 3.05) is 11.9 Å². The Morgan fingerprint density at radius 2 is 2.20 bits per heavy atom. The second kappa shape index (κ2) is 6.83. The summed E-state index contributed by atoms with van der Waals surface area (Å²) in [5.74, 6) is 1.000. The number of hydrogen-bond donors (Lipinski definition) is 0. The number of ether oxygens (including phenoxy) is 1. The standard InChI is InChI=1S/C12H16BrFO/c1-10(5-7-13)6-8-15-12-4-2-3-11(14)9-12/h2-4,9-10H,5-8H2,1H3. The second-order valence-corrected chi connectivity index (χ2v) is 4.47. The van der Waals surface area contributed by atoms with E-state index in [1.807, 2.05) is 0 Å².